The highest BCUT2D eigenvalue weighted by Gasteiger charge is 2.22. The van der Waals surface area contributed by atoms with Crippen molar-refractivity contribution in [3.63, 3.8) is 0 Å². The van der Waals surface area contributed by atoms with Crippen molar-refractivity contribution in [3.05, 3.63) is 72.0 Å². The lowest BCUT2D eigenvalue weighted by Gasteiger charge is -2.36. The summed E-state index contributed by atoms with van der Waals surface area (Å²) in [5.74, 6) is 0.475. The van der Waals surface area contributed by atoms with E-state index in [1.54, 1.807) is 0 Å². The highest BCUT2D eigenvalue weighted by Crippen LogP contribution is 2.27. The average molecular weight is 297 g/mol. The Balaban J connectivity index is 2.96. The molecule has 1 nitrogen and oxygen atoms in total. The van der Waals surface area contributed by atoms with Crippen LogP contribution in [0.25, 0.3) is 0 Å². The molecule has 120 valence electrons. The molecular weight excluding hydrogens is 266 g/mol. The summed E-state index contributed by atoms with van der Waals surface area (Å²) >= 11 is 0. The third-order valence-electron chi connectivity index (χ3n) is 4.31. The summed E-state index contributed by atoms with van der Waals surface area (Å²) in [5, 5.41) is 0. The molecule has 1 rings (SSSR count). The van der Waals surface area contributed by atoms with Crippen molar-refractivity contribution in [2.75, 3.05) is 0 Å². The number of nitrogens with zero attached hydrogens (tertiary/aromatic N) is 1. The number of aryl methyl sites for hydroxylation is 1. The van der Waals surface area contributed by atoms with E-state index in [2.05, 4.69) is 82.6 Å². The topological polar surface area (TPSA) is 3.24 Å². The first kappa shape index (κ1) is 18.3. The van der Waals surface area contributed by atoms with Gasteiger partial charge in [0.05, 0.1) is 0 Å². The van der Waals surface area contributed by atoms with Crippen molar-refractivity contribution in [1.29, 1.82) is 0 Å². The van der Waals surface area contributed by atoms with Crippen molar-refractivity contribution < 1.29 is 0 Å². The zero-order chi connectivity index (χ0) is 16.7. The molecule has 0 aromatic heterocycles. The largest absolute Gasteiger partial charge is 0.372 e. The molecule has 0 fully saturated rings. The minimum Gasteiger partial charge on any atom is -0.372 e. The Morgan fingerprint density at radius 1 is 1.09 bits per heavy atom. The van der Waals surface area contributed by atoms with E-state index in [4.69, 9.17) is 0 Å². The maximum absolute atomic E-state index is 4.05. The number of hydrogen-bond donors (Lipinski definition) is 0. The Morgan fingerprint density at radius 2 is 1.73 bits per heavy atom. The Kier molecular flexibility index (Phi) is 7.17. The van der Waals surface area contributed by atoms with E-state index in [0.29, 0.717) is 18.0 Å². The second-order valence-corrected chi connectivity index (χ2v) is 6.32. The Morgan fingerprint density at radius 3 is 2.27 bits per heavy atom. The molecule has 0 amide bonds. The van der Waals surface area contributed by atoms with Crippen molar-refractivity contribution >= 4 is 0 Å². The summed E-state index contributed by atoms with van der Waals surface area (Å²) in [4.78, 5) is 2.42. The molecule has 0 aliphatic carbocycles. The van der Waals surface area contributed by atoms with Gasteiger partial charge in [0.1, 0.15) is 0 Å². The van der Waals surface area contributed by atoms with Gasteiger partial charge in [-0.15, -0.1) is 0 Å². The molecule has 0 bridgehead atoms. The predicted octanol–water partition coefficient (Wildman–Crippen LogP) is 5.84. The van der Waals surface area contributed by atoms with Crippen LogP contribution in [0.15, 0.2) is 60.8 Å². The van der Waals surface area contributed by atoms with Crippen LogP contribution in [0.1, 0.15) is 51.7 Å². The number of rotatable bonds is 7. The maximum Gasteiger partial charge on any atom is 0.0325 e. The maximum atomic E-state index is 4.05. The van der Waals surface area contributed by atoms with Crippen LogP contribution in [0.5, 0.6) is 0 Å². The molecule has 22 heavy (non-hydrogen) atoms. The second kappa shape index (κ2) is 8.63. The fraction of sp³-hybridized carbons (Fsp3) is 0.429. The number of allylic oxidation sites excluding steroid dienone is 4. The highest BCUT2D eigenvalue weighted by atomic mass is 15.2. The molecule has 2 atom stereocenters. The summed E-state index contributed by atoms with van der Waals surface area (Å²) in [6, 6.07) is 9.57. The standard InChI is InChI=1S/C21H31N/c1-8-11-17(4)14-15-22(16(2)3)20(7)19(6)21-13-10-9-12-18(21)5/h8-16,19-20H,4H2,1-3,5-7H3/b11-8-,15-14-. The lowest BCUT2D eigenvalue weighted by atomic mass is 9.89. The van der Waals surface area contributed by atoms with Crippen LogP contribution in [0.3, 0.4) is 0 Å². The Labute approximate surface area is 137 Å². The van der Waals surface area contributed by atoms with Gasteiger partial charge in [-0.3, -0.25) is 0 Å². The van der Waals surface area contributed by atoms with Gasteiger partial charge in [-0.1, -0.05) is 49.9 Å². The molecule has 0 saturated heterocycles. The summed E-state index contributed by atoms with van der Waals surface area (Å²) in [7, 11) is 0. The molecule has 2 unspecified atom stereocenters. The highest BCUT2D eigenvalue weighted by molar-refractivity contribution is 5.30. The monoisotopic (exact) mass is 297 g/mol. The number of hydrogen-bond acceptors (Lipinski definition) is 1. The summed E-state index contributed by atoms with van der Waals surface area (Å²) in [6.45, 7) is 17.4. The van der Waals surface area contributed by atoms with Gasteiger partial charge in [0.15, 0.2) is 0 Å². The Bertz CT molecular complexity index is 537. The molecule has 0 saturated carbocycles. The minimum atomic E-state index is 0.427. The fourth-order valence-electron chi connectivity index (χ4n) is 2.85. The zero-order valence-electron chi connectivity index (χ0n) is 15.0. The van der Waals surface area contributed by atoms with Gasteiger partial charge < -0.3 is 4.90 Å². The van der Waals surface area contributed by atoms with E-state index in [1.165, 1.54) is 11.1 Å². The van der Waals surface area contributed by atoms with Crippen LogP contribution in [0.4, 0.5) is 0 Å². The van der Waals surface area contributed by atoms with Gasteiger partial charge in [0.2, 0.25) is 0 Å². The van der Waals surface area contributed by atoms with E-state index in [0.717, 1.165) is 5.57 Å². The van der Waals surface area contributed by atoms with Crippen LogP contribution in [-0.4, -0.2) is 17.0 Å². The first-order chi connectivity index (χ1) is 10.4. The van der Waals surface area contributed by atoms with Gasteiger partial charge in [0.25, 0.3) is 0 Å². The second-order valence-electron chi connectivity index (χ2n) is 6.32. The first-order valence-electron chi connectivity index (χ1n) is 8.21. The zero-order valence-corrected chi connectivity index (χ0v) is 15.0. The van der Waals surface area contributed by atoms with Crippen LogP contribution in [-0.2, 0) is 0 Å². The quantitative estimate of drug-likeness (QED) is 0.571. The third-order valence-corrected chi connectivity index (χ3v) is 4.31. The van der Waals surface area contributed by atoms with Gasteiger partial charge in [0, 0.05) is 24.2 Å². The van der Waals surface area contributed by atoms with Crippen molar-refractivity contribution in [2.45, 2.75) is 59.5 Å². The smallest absolute Gasteiger partial charge is 0.0325 e. The normalized spacial score (nSPS) is 14.7. The molecule has 0 aliphatic rings. The van der Waals surface area contributed by atoms with Crippen molar-refractivity contribution in [3.8, 4) is 0 Å². The fourth-order valence-corrected chi connectivity index (χ4v) is 2.85. The van der Waals surface area contributed by atoms with Crippen molar-refractivity contribution in [1.82, 2.24) is 4.90 Å². The van der Waals surface area contributed by atoms with Gasteiger partial charge in [-0.25, -0.2) is 0 Å². The lowest BCUT2D eigenvalue weighted by molar-refractivity contribution is 0.217. The lowest BCUT2D eigenvalue weighted by Crippen LogP contribution is -2.37. The van der Waals surface area contributed by atoms with E-state index >= 15 is 0 Å². The van der Waals surface area contributed by atoms with E-state index in [-0.39, 0.29) is 0 Å². The number of benzene rings is 1. The first-order valence-corrected chi connectivity index (χ1v) is 8.21. The molecule has 1 heteroatoms. The summed E-state index contributed by atoms with van der Waals surface area (Å²) in [6.07, 6.45) is 8.34. The predicted molar refractivity (Wildman–Crippen MR) is 99.1 cm³/mol. The molecule has 0 radical (unpaired) electrons. The van der Waals surface area contributed by atoms with E-state index in [1.807, 2.05) is 19.1 Å². The SMILES string of the molecule is C=C(/C=C\C)/C=C\N(C(C)C)C(C)C(C)c1ccccc1C. The van der Waals surface area contributed by atoms with Crippen molar-refractivity contribution in [2.24, 2.45) is 0 Å². The summed E-state index contributed by atoms with van der Waals surface area (Å²) in [5.41, 5.74) is 3.83. The van der Waals surface area contributed by atoms with E-state index < -0.39 is 0 Å². The minimum absolute atomic E-state index is 0.427. The molecule has 0 heterocycles. The van der Waals surface area contributed by atoms with Gasteiger partial charge in [-0.2, -0.15) is 0 Å². The van der Waals surface area contributed by atoms with Gasteiger partial charge in [-0.05, 0) is 57.4 Å². The molecule has 0 N–H and O–H groups in total. The molecule has 1 aromatic carbocycles. The summed E-state index contributed by atoms with van der Waals surface area (Å²) < 4.78 is 0. The van der Waals surface area contributed by atoms with Crippen LogP contribution >= 0.6 is 0 Å². The Hall–Kier alpha value is -1.76. The molecule has 0 spiro atoms. The molecular formula is C21H31N. The van der Waals surface area contributed by atoms with Crippen LogP contribution < -0.4 is 0 Å². The third kappa shape index (κ3) is 4.91. The molecule has 1 aromatic rings. The van der Waals surface area contributed by atoms with Crippen LogP contribution in [0, 0.1) is 6.92 Å². The van der Waals surface area contributed by atoms with Gasteiger partial charge >= 0.3 is 0 Å². The van der Waals surface area contributed by atoms with Crippen LogP contribution in [0.2, 0.25) is 0 Å². The average Bonchev–Trinajstić information content (AvgIpc) is 2.47. The van der Waals surface area contributed by atoms with E-state index in [9.17, 15) is 0 Å². The molecule has 0 aliphatic heterocycles.